The van der Waals surface area contributed by atoms with Gasteiger partial charge in [0.1, 0.15) is 0 Å². The molecule has 1 N–H and O–H groups in total. The second-order valence-electron chi connectivity index (χ2n) is 0.316. The first-order valence-corrected chi connectivity index (χ1v) is 1.36. The lowest BCUT2D eigenvalue weighted by molar-refractivity contribution is 0.318. The van der Waals surface area contributed by atoms with Crippen LogP contribution in [0, 0.1) is 12.8 Å². The van der Waals surface area contributed by atoms with E-state index in [0.29, 0.717) is 0 Å². The minimum atomic E-state index is 0.250. The summed E-state index contributed by atoms with van der Waals surface area (Å²) >= 11 is 0. The average molecular weight is 72.1 g/mol. The van der Waals surface area contributed by atoms with Crippen molar-refractivity contribution in [2.45, 2.75) is 6.92 Å². The molecule has 0 rings (SSSR count). The lowest BCUT2D eigenvalue weighted by Crippen LogP contribution is -1.57. The van der Waals surface area contributed by atoms with Crippen LogP contribution in [-0.2, 0) is 0 Å². The Hall–Kier alpha value is -0.480. The van der Waals surface area contributed by atoms with Crippen LogP contribution in [0.3, 0.4) is 0 Å². The summed E-state index contributed by atoms with van der Waals surface area (Å²) < 4.78 is 0. The summed E-state index contributed by atoms with van der Waals surface area (Å²) in [6.07, 6.45) is 8.00. The summed E-state index contributed by atoms with van der Waals surface area (Å²) in [6.45, 7) is 1.93. The Bertz CT molecular complexity index is 14.9. The molecule has 1 heteroatoms. The third-order valence-electron chi connectivity index (χ3n) is 0. The van der Waals surface area contributed by atoms with Crippen molar-refractivity contribution in [3.63, 3.8) is 0 Å². The van der Waals surface area contributed by atoms with Gasteiger partial charge in [-0.2, -0.15) is 0 Å². The van der Waals surface area contributed by atoms with Crippen molar-refractivity contribution in [2.75, 3.05) is 6.61 Å². The first-order valence-electron chi connectivity index (χ1n) is 1.36. The van der Waals surface area contributed by atoms with Crippen LogP contribution in [0.15, 0.2) is 0 Å². The molecule has 0 aliphatic heterocycles. The van der Waals surface area contributed by atoms with Gasteiger partial charge in [0.2, 0.25) is 0 Å². The molecule has 0 spiro atoms. The third kappa shape index (κ3) is 35.3. The SMILES string of the molecule is C#C.CCO. The Kier molecular flexibility index (Phi) is 146. The van der Waals surface area contributed by atoms with Gasteiger partial charge in [-0.3, -0.25) is 0 Å². The lowest BCUT2D eigenvalue weighted by Gasteiger charge is -1.52. The molecule has 0 aliphatic carbocycles. The van der Waals surface area contributed by atoms with Gasteiger partial charge in [0.25, 0.3) is 0 Å². The quantitative estimate of drug-likeness (QED) is 0.407. The van der Waals surface area contributed by atoms with Crippen LogP contribution in [0.4, 0.5) is 0 Å². The monoisotopic (exact) mass is 72.1 g/mol. The van der Waals surface area contributed by atoms with E-state index in [1.807, 2.05) is 0 Å². The Balaban J connectivity index is 0. The van der Waals surface area contributed by atoms with Crippen molar-refractivity contribution < 1.29 is 5.11 Å². The van der Waals surface area contributed by atoms with E-state index in [1.165, 1.54) is 0 Å². The van der Waals surface area contributed by atoms with Crippen molar-refractivity contribution in [3.8, 4) is 12.8 Å². The van der Waals surface area contributed by atoms with Crippen LogP contribution < -0.4 is 0 Å². The van der Waals surface area contributed by atoms with E-state index >= 15 is 0 Å². The highest BCUT2D eigenvalue weighted by Crippen LogP contribution is 1.30. The molecule has 0 saturated heterocycles. The molecule has 0 unspecified atom stereocenters. The maximum atomic E-state index is 7.57. The van der Waals surface area contributed by atoms with Gasteiger partial charge < -0.3 is 5.11 Å². The van der Waals surface area contributed by atoms with Crippen LogP contribution in [0.25, 0.3) is 0 Å². The van der Waals surface area contributed by atoms with E-state index in [1.54, 1.807) is 6.92 Å². The van der Waals surface area contributed by atoms with E-state index in [2.05, 4.69) is 12.8 Å². The zero-order valence-corrected chi connectivity index (χ0v) is 3.31. The zero-order valence-electron chi connectivity index (χ0n) is 3.31. The van der Waals surface area contributed by atoms with Crippen molar-refractivity contribution in [2.24, 2.45) is 0 Å². The molecule has 0 aliphatic rings. The first kappa shape index (κ1) is 8.82. The van der Waals surface area contributed by atoms with Crippen LogP contribution in [-0.4, -0.2) is 11.7 Å². The van der Waals surface area contributed by atoms with E-state index in [4.69, 9.17) is 5.11 Å². The van der Waals surface area contributed by atoms with Crippen LogP contribution >= 0.6 is 0 Å². The highest BCUT2D eigenvalue weighted by molar-refractivity contribution is 4.47. The highest BCUT2D eigenvalue weighted by Gasteiger charge is 1.34. The van der Waals surface area contributed by atoms with Crippen LogP contribution in [0.2, 0.25) is 0 Å². The third-order valence-corrected chi connectivity index (χ3v) is 0. The molecule has 5 heavy (non-hydrogen) atoms. The van der Waals surface area contributed by atoms with Gasteiger partial charge in [-0.1, -0.05) is 0 Å². The largest absolute Gasteiger partial charge is 0.397 e. The van der Waals surface area contributed by atoms with E-state index in [0.717, 1.165) is 0 Å². The van der Waals surface area contributed by atoms with E-state index < -0.39 is 0 Å². The summed E-state index contributed by atoms with van der Waals surface area (Å²) in [5.41, 5.74) is 0. The van der Waals surface area contributed by atoms with Gasteiger partial charge in [0.15, 0.2) is 0 Å². The minimum Gasteiger partial charge on any atom is -0.397 e. The van der Waals surface area contributed by atoms with Gasteiger partial charge in [0.05, 0.1) is 0 Å². The number of terminal acetylenes is 1. The molecular weight excluding hydrogens is 64.0 g/mol. The Morgan fingerprint density at radius 3 is 1.60 bits per heavy atom. The standard InChI is InChI=1S/C2H6O.C2H2/c1-2-3;1-2/h3H,2H2,1H3;1-2H. The Morgan fingerprint density at radius 1 is 1.60 bits per heavy atom. The molecule has 0 saturated carbocycles. The summed E-state index contributed by atoms with van der Waals surface area (Å²) in [5, 5.41) is 7.57. The molecule has 0 amide bonds. The van der Waals surface area contributed by atoms with Crippen LogP contribution in [0.1, 0.15) is 6.92 Å². The smallest absolute Gasteiger partial charge is 0.0402 e. The summed E-state index contributed by atoms with van der Waals surface area (Å²) in [7, 11) is 0. The Morgan fingerprint density at radius 2 is 1.60 bits per heavy atom. The van der Waals surface area contributed by atoms with Gasteiger partial charge in [0, 0.05) is 6.61 Å². The first-order chi connectivity index (χ1) is 2.41. The van der Waals surface area contributed by atoms with Crippen molar-refractivity contribution >= 4 is 0 Å². The normalized spacial score (nSPS) is 4.00. The fraction of sp³-hybridized carbons (Fsp3) is 0.500. The molecule has 0 aromatic rings. The molecule has 30 valence electrons. The van der Waals surface area contributed by atoms with Crippen molar-refractivity contribution in [1.29, 1.82) is 0 Å². The molecule has 0 fully saturated rings. The minimum absolute atomic E-state index is 0.250. The second-order valence-corrected chi connectivity index (χ2v) is 0.316. The molecule has 0 atom stereocenters. The zero-order chi connectivity index (χ0) is 4.71. The average Bonchev–Trinajstić information content (AvgIpc) is 1.46. The topological polar surface area (TPSA) is 20.2 Å². The van der Waals surface area contributed by atoms with Gasteiger partial charge in [-0.15, -0.1) is 12.8 Å². The fourth-order valence-electron chi connectivity index (χ4n) is 0. The van der Waals surface area contributed by atoms with Gasteiger partial charge in [-0.05, 0) is 6.92 Å². The van der Waals surface area contributed by atoms with E-state index in [9.17, 15) is 0 Å². The predicted octanol–water partition coefficient (Wildman–Crippen LogP) is 0.248. The molecule has 0 aromatic carbocycles. The van der Waals surface area contributed by atoms with Crippen molar-refractivity contribution in [1.82, 2.24) is 0 Å². The molecule has 0 heterocycles. The second kappa shape index (κ2) is 82.7. The number of rotatable bonds is 0. The number of hydrogen-bond donors (Lipinski definition) is 1. The van der Waals surface area contributed by atoms with Gasteiger partial charge >= 0.3 is 0 Å². The predicted molar refractivity (Wildman–Crippen MR) is 22.6 cm³/mol. The molecule has 0 bridgehead atoms. The number of aliphatic hydroxyl groups excluding tert-OH is 1. The summed E-state index contributed by atoms with van der Waals surface area (Å²) in [6, 6.07) is 0. The van der Waals surface area contributed by atoms with Gasteiger partial charge in [-0.25, -0.2) is 0 Å². The molecule has 1 nitrogen and oxygen atoms in total. The Labute approximate surface area is 32.6 Å². The number of aliphatic hydroxyl groups is 1. The molecule has 0 radical (unpaired) electrons. The maximum Gasteiger partial charge on any atom is 0.0402 e. The summed E-state index contributed by atoms with van der Waals surface area (Å²) in [4.78, 5) is 0. The lowest BCUT2D eigenvalue weighted by atomic mass is 10.9. The highest BCUT2D eigenvalue weighted by atomic mass is 16.2. The molecule has 0 aromatic heterocycles. The maximum absolute atomic E-state index is 7.57. The van der Waals surface area contributed by atoms with Crippen molar-refractivity contribution in [3.05, 3.63) is 0 Å². The van der Waals surface area contributed by atoms with Crippen LogP contribution in [0.5, 0.6) is 0 Å². The number of hydrogen-bond acceptors (Lipinski definition) is 1. The fourth-order valence-corrected chi connectivity index (χ4v) is 0. The molecular formula is C4H8O. The summed E-state index contributed by atoms with van der Waals surface area (Å²) in [5.74, 6) is 0. The van der Waals surface area contributed by atoms with E-state index in [-0.39, 0.29) is 6.61 Å².